The molecule has 0 amide bonds. The van der Waals surface area contributed by atoms with E-state index in [0.717, 1.165) is 31.3 Å². The van der Waals surface area contributed by atoms with Crippen molar-refractivity contribution in [2.45, 2.75) is 32.6 Å². The first-order chi connectivity index (χ1) is 7.19. The summed E-state index contributed by atoms with van der Waals surface area (Å²) in [6.45, 7) is 2.13. The van der Waals surface area contributed by atoms with E-state index in [1.54, 1.807) is 6.08 Å². The molecular formula is C12H17NO2. The lowest BCUT2D eigenvalue weighted by Crippen LogP contribution is -2.14. The van der Waals surface area contributed by atoms with Gasteiger partial charge in [-0.25, -0.2) is 0 Å². The maximum absolute atomic E-state index is 11.3. The summed E-state index contributed by atoms with van der Waals surface area (Å²) in [5.41, 5.74) is 1.15. The third kappa shape index (κ3) is 3.05. The smallest absolute Gasteiger partial charge is 0.182 e. The molecule has 15 heavy (non-hydrogen) atoms. The molecule has 3 heteroatoms. The van der Waals surface area contributed by atoms with Crippen molar-refractivity contribution in [1.29, 1.82) is 5.41 Å². The molecule has 0 heterocycles. The number of methoxy groups -OCH3 is 1. The number of rotatable bonds is 5. The molecule has 1 aliphatic carbocycles. The Labute approximate surface area is 90.3 Å². The van der Waals surface area contributed by atoms with Crippen LogP contribution in [0.2, 0.25) is 0 Å². The van der Waals surface area contributed by atoms with Crippen molar-refractivity contribution in [3.63, 3.8) is 0 Å². The standard InChI is InChI=1S/C12H17NO2/c1-3-4-5-6-9-7-10(14)8-11(15-2)12(9)13/h7-8,13H,3-6H2,1-2H3. The van der Waals surface area contributed by atoms with E-state index in [4.69, 9.17) is 10.1 Å². The first kappa shape index (κ1) is 11.7. The molecule has 0 bridgehead atoms. The maximum Gasteiger partial charge on any atom is 0.182 e. The topological polar surface area (TPSA) is 50.2 Å². The summed E-state index contributed by atoms with van der Waals surface area (Å²) in [5, 5.41) is 7.81. The third-order valence-electron chi connectivity index (χ3n) is 2.43. The Morgan fingerprint density at radius 1 is 1.33 bits per heavy atom. The van der Waals surface area contributed by atoms with Crippen LogP contribution in [-0.2, 0) is 9.53 Å². The zero-order valence-corrected chi connectivity index (χ0v) is 9.30. The number of hydrogen-bond acceptors (Lipinski definition) is 3. The fourth-order valence-electron chi connectivity index (χ4n) is 1.57. The molecule has 0 fully saturated rings. The minimum Gasteiger partial charge on any atom is -0.494 e. The largest absolute Gasteiger partial charge is 0.494 e. The van der Waals surface area contributed by atoms with Crippen LogP contribution in [0.5, 0.6) is 0 Å². The molecule has 0 aromatic carbocycles. The summed E-state index contributed by atoms with van der Waals surface area (Å²) in [4.78, 5) is 11.3. The Morgan fingerprint density at radius 3 is 2.67 bits per heavy atom. The zero-order chi connectivity index (χ0) is 11.3. The lowest BCUT2D eigenvalue weighted by atomic mass is 9.96. The fourth-order valence-corrected chi connectivity index (χ4v) is 1.57. The maximum atomic E-state index is 11.3. The van der Waals surface area contributed by atoms with E-state index in [2.05, 4.69) is 6.92 Å². The minimum atomic E-state index is -0.0747. The summed E-state index contributed by atoms with van der Waals surface area (Å²) in [6.07, 6.45) is 6.99. The SMILES string of the molecule is CCCCCC1=CC(=O)C=C(OC)C1=N. The van der Waals surface area contributed by atoms with Crippen LogP contribution in [0.4, 0.5) is 0 Å². The van der Waals surface area contributed by atoms with E-state index >= 15 is 0 Å². The Morgan fingerprint density at radius 2 is 2.07 bits per heavy atom. The van der Waals surface area contributed by atoms with Gasteiger partial charge in [-0.3, -0.25) is 10.2 Å². The van der Waals surface area contributed by atoms with Crippen molar-refractivity contribution < 1.29 is 9.53 Å². The number of nitrogens with one attached hydrogen (secondary N) is 1. The predicted molar refractivity (Wildman–Crippen MR) is 60.1 cm³/mol. The third-order valence-corrected chi connectivity index (χ3v) is 2.43. The van der Waals surface area contributed by atoms with Crippen LogP contribution in [0.3, 0.4) is 0 Å². The van der Waals surface area contributed by atoms with Crippen LogP contribution in [-0.4, -0.2) is 18.6 Å². The van der Waals surface area contributed by atoms with Crippen LogP contribution in [0, 0.1) is 5.41 Å². The molecule has 1 aliphatic rings. The Kier molecular flexibility index (Phi) is 4.28. The van der Waals surface area contributed by atoms with E-state index in [-0.39, 0.29) is 5.78 Å². The predicted octanol–water partition coefficient (Wildman–Crippen LogP) is 2.63. The van der Waals surface area contributed by atoms with Gasteiger partial charge in [-0.2, -0.15) is 0 Å². The number of ether oxygens (including phenoxy) is 1. The lowest BCUT2D eigenvalue weighted by Gasteiger charge is -2.14. The Balaban J connectivity index is 2.65. The normalized spacial score (nSPS) is 16.1. The molecule has 0 radical (unpaired) electrons. The van der Waals surface area contributed by atoms with Gasteiger partial charge in [-0.15, -0.1) is 0 Å². The van der Waals surface area contributed by atoms with Crippen molar-refractivity contribution in [3.05, 3.63) is 23.5 Å². The number of unbranched alkanes of at least 4 members (excludes halogenated alkanes) is 2. The van der Waals surface area contributed by atoms with E-state index in [9.17, 15) is 4.79 Å². The molecule has 0 saturated heterocycles. The molecule has 0 unspecified atom stereocenters. The average molecular weight is 207 g/mol. The van der Waals surface area contributed by atoms with Gasteiger partial charge in [-0.1, -0.05) is 19.8 Å². The monoisotopic (exact) mass is 207 g/mol. The molecule has 82 valence electrons. The highest BCUT2D eigenvalue weighted by atomic mass is 16.5. The summed E-state index contributed by atoms with van der Waals surface area (Å²) in [6, 6.07) is 0. The summed E-state index contributed by atoms with van der Waals surface area (Å²) in [5.74, 6) is 0.309. The van der Waals surface area contributed by atoms with Gasteiger partial charge in [0.05, 0.1) is 12.8 Å². The van der Waals surface area contributed by atoms with Crippen molar-refractivity contribution in [1.82, 2.24) is 0 Å². The summed E-state index contributed by atoms with van der Waals surface area (Å²) < 4.78 is 4.99. The van der Waals surface area contributed by atoms with Gasteiger partial charge in [0.1, 0.15) is 5.76 Å². The van der Waals surface area contributed by atoms with Crippen molar-refractivity contribution in [2.24, 2.45) is 0 Å². The Bertz CT molecular complexity index is 327. The molecule has 0 aromatic heterocycles. The summed E-state index contributed by atoms with van der Waals surface area (Å²) in [7, 11) is 1.49. The average Bonchev–Trinajstić information content (AvgIpc) is 2.23. The highest BCUT2D eigenvalue weighted by Gasteiger charge is 2.18. The van der Waals surface area contributed by atoms with Gasteiger partial charge in [0.25, 0.3) is 0 Å². The van der Waals surface area contributed by atoms with Gasteiger partial charge in [-0.05, 0) is 24.5 Å². The van der Waals surface area contributed by atoms with Gasteiger partial charge in [0.15, 0.2) is 5.78 Å². The first-order valence-corrected chi connectivity index (χ1v) is 5.28. The van der Waals surface area contributed by atoms with Crippen LogP contribution in [0.1, 0.15) is 32.6 Å². The van der Waals surface area contributed by atoms with Crippen molar-refractivity contribution >= 4 is 11.5 Å². The fraction of sp³-hybridized carbons (Fsp3) is 0.500. The highest BCUT2D eigenvalue weighted by Crippen LogP contribution is 2.19. The quantitative estimate of drug-likeness (QED) is 0.556. The molecular weight excluding hydrogens is 190 g/mol. The molecule has 0 aliphatic heterocycles. The van der Waals surface area contributed by atoms with Gasteiger partial charge in [0, 0.05) is 6.08 Å². The van der Waals surface area contributed by atoms with Crippen molar-refractivity contribution in [2.75, 3.05) is 7.11 Å². The van der Waals surface area contributed by atoms with Crippen LogP contribution < -0.4 is 0 Å². The van der Waals surface area contributed by atoms with Gasteiger partial charge >= 0.3 is 0 Å². The molecule has 0 aromatic rings. The molecule has 3 nitrogen and oxygen atoms in total. The van der Waals surface area contributed by atoms with E-state index in [1.165, 1.54) is 13.2 Å². The van der Waals surface area contributed by atoms with Crippen LogP contribution >= 0.6 is 0 Å². The second kappa shape index (κ2) is 5.49. The van der Waals surface area contributed by atoms with Crippen LogP contribution in [0.15, 0.2) is 23.5 Å². The molecule has 0 atom stereocenters. The molecule has 0 saturated carbocycles. The summed E-state index contributed by atoms with van der Waals surface area (Å²) >= 11 is 0. The van der Waals surface area contributed by atoms with Gasteiger partial charge in [0.2, 0.25) is 0 Å². The lowest BCUT2D eigenvalue weighted by molar-refractivity contribution is -0.110. The van der Waals surface area contributed by atoms with Gasteiger partial charge < -0.3 is 4.74 Å². The second-order valence-electron chi connectivity index (χ2n) is 3.62. The molecule has 1 N–H and O–H groups in total. The number of hydrogen-bond donors (Lipinski definition) is 1. The minimum absolute atomic E-state index is 0.0747. The van der Waals surface area contributed by atoms with E-state index in [1.807, 2.05) is 0 Å². The van der Waals surface area contributed by atoms with E-state index < -0.39 is 0 Å². The second-order valence-corrected chi connectivity index (χ2v) is 3.62. The Hall–Kier alpha value is -1.38. The highest BCUT2D eigenvalue weighted by molar-refractivity contribution is 6.20. The zero-order valence-electron chi connectivity index (χ0n) is 9.30. The van der Waals surface area contributed by atoms with E-state index in [0.29, 0.717) is 11.5 Å². The first-order valence-electron chi connectivity index (χ1n) is 5.28. The number of allylic oxidation sites excluding steroid dienone is 3. The van der Waals surface area contributed by atoms with Crippen LogP contribution in [0.25, 0.3) is 0 Å². The number of ketones is 1. The molecule has 0 spiro atoms. The molecule has 1 rings (SSSR count). The van der Waals surface area contributed by atoms with Crippen molar-refractivity contribution in [3.8, 4) is 0 Å². The number of carbonyl (C=O) groups excluding carboxylic acids is 1. The number of carbonyl (C=O) groups is 1.